The fraction of sp³-hybridized carbons (Fsp3) is 0.533. The summed E-state index contributed by atoms with van der Waals surface area (Å²) in [6.07, 6.45) is 1.77. The van der Waals surface area contributed by atoms with Gasteiger partial charge in [0.1, 0.15) is 0 Å². The van der Waals surface area contributed by atoms with Crippen LogP contribution in [0.5, 0.6) is 0 Å². The molecule has 0 unspecified atom stereocenters. The molecule has 0 atom stereocenters. The highest BCUT2D eigenvalue weighted by molar-refractivity contribution is 5.98. The van der Waals surface area contributed by atoms with Crippen LogP contribution in [0, 0.1) is 6.92 Å². The molecule has 8 heteroatoms. The first kappa shape index (κ1) is 21.6. The Balaban J connectivity index is 0.00000242. The van der Waals surface area contributed by atoms with E-state index in [0.29, 0.717) is 12.1 Å². The number of aryl methyl sites for hydroxylation is 1. The molecule has 0 spiro atoms. The lowest BCUT2D eigenvalue weighted by molar-refractivity contribution is 0.0796. The monoisotopic (exact) mass is 361 g/mol. The van der Waals surface area contributed by atoms with E-state index in [1.807, 2.05) is 24.7 Å². The van der Waals surface area contributed by atoms with Gasteiger partial charge in [-0.1, -0.05) is 0 Å². The van der Waals surface area contributed by atoms with Crippen LogP contribution in [0.3, 0.4) is 0 Å². The largest absolute Gasteiger partial charge is 0.340 e. The standard InChI is InChI=1S/C15H23N5O.2ClH/c1-10(2)20-14-12(9-17-20)8-13(11(3)18-14)15(21)19(5)7-6-16-4;;/h8-10,16H,6-7H2,1-5H3;2*1H. The summed E-state index contributed by atoms with van der Waals surface area (Å²) < 4.78 is 1.88. The van der Waals surface area contributed by atoms with E-state index >= 15 is 0 Å². The van der Waals surface area contributed by atoms with E-state index in [-0.39, 0.29) is 36.8 Å². The molecular formula is C15H25Cl2N5O. The number of carbonyl (C=O) groups is 1. The van der Waals surface area contributed by atoms with Crippen LogP contribution >= 0.6 is 24.8 Å². The molecule has 0 aromatic carbocycles. The molecule has 6 nitrogen and oxygen atoms in total. The average Bonchev–Trinajstić information content (AvgIpc) is 2.85. The van der Waals surface area contributed by atoms with Crippen molar-refractivity contribution < 1.29 is 4.79 Å². The second-order valence-corrected chi connectivity index (χ2v) is 5.55. The molecule has 2 aromatic heterocycles. The van der Waals surface area contributed by atoms with Crippen LogP contribution in [-0.4, -0.2) is 52.8 Å². The van der Waals surface area contributed by atoms with Gasteiger partial charge in [0, 0.05) is 31.6 Å². The van der Waals surface area contributed by atoms with Crippen LogP contribution in [0.1, 0.15) is 35.9 Å². The van der Waals surface area contributed by atoms with Crippen LogP contribution in [0.4, 0.5) is 0 Å². The van der Waals surface area contributed by atoms with Gasteiger partial charge in [-0.3, -0.25) is 4.79 Å². The highest BCUT2D eigenvalue weighted by Gasteiger charge is 2.17. The zero-order valence-corrected chi connectivity index (χ0v) is 15.8. The number of hydrogen-bond donors (Lipinski definition) is 1. The summed E-state index contributed by atoms with van der Waals surface area (Å²) in [6, 6.07) is 2.14. The number of fused-ring (bicyclic) bond motifs is 1. The molecule has 1 N–H and O–H groups in total. The molecule has 0 aliphatic carbocycles. The van der Waals surface area contributed by atoms with Gasteiger partial charge < -0.3 is 10.2 Å². The maximum absolute atomic E-state index is 12.5. The first-order chi connectivity index (χ1) is 9.95. The van der Waals surface area contributed by atoms with Crippen LogP contribution in [-0.2, 0) is 0 Å². The van der Waals surface area contributed by atoms with E-state index in [9.17, 15) is 4.79 Å². The van der Waals surface area contributed by atoms with E-state index in [1.165, 1.54) is 0 Å². The number of amides is 1. The molecule has 0 saturated heterocycles. The van der Waals surface area contributed by atoms with Crippen LogP contribution in [0.2, 0.25) is 0 Å². The van der Waals surface area contributed by atoms with E-state index in [0.717, 1.165) is 23.3 Å². The first-order valence-corrected chi connectivity index (χ1v) is 7.20. The summed E-state index contributed by atoms with van der Waals surface area (Å²) in [4.78, 5) is 18.8. The fourth-order valence-corrected chi connectivity index (χ4v) is 2.25. The van der Waals surface area contributed by atoms with Crippen molar-refractivity contribution in [3.8, 4) is 0 Å². The van der Waals surface area contributed by atoms with Gasteiger partial charge in [-0.2, -0.15) is 5.10 Å². The minimum Gasteiger partial charge on any atom is -0.340 e. The third-order valence-electron chi connectivity index (χ3n) is 3.52. The van der Waals surface area contributed by atoms with Crippen molar-refractivity contribution in [1.82, 2.24) is 25.0 Å². The lowest BCUT2D eigenvalue weighted by Gasteiger charge is -2.18. The van der Waals surface area contributed by atoms with Gasteiger partial charge in [0.05, 0.1) is 17.5 Å². The minimum absolute atomic E-state index is 0. The number of halogens is 2. The van der Waals surface area contributed by atoms with Crippen LogP contribution in [0.15, 0.2) is 12.3 Å². The van der Waals surface area contributed by atoms with E-state index in [2.05, 4.69) is 29.2 Å². The Morgan fingerprint density at radius 2 is 2.04 bits per heavy atom. The summed E-state index contributed by atoms with van der Waals surface area (Å²) in [5.41, 5.74) is 2.22. The van der Waals surface area contributed by atoms with Crippen molar-refractivity contribution in [2.24, 2.45) is 0 Å². The fourth-order valence-electron chi connectivity index (χ4n) is 2.25. The molecule has 0 radical (unpaired) electrons. The second-order valence-electron chi connectivity index (χ2n) is 5.55. The molecule has 0 aliphatic rings. The lowest BCUT2D eigenvalue weighted by atomic mass is 10.1. The second kappa shape index (κ2) is 9.05. The third-order valence-corrected chi connectivity index (χ3v) is 3.52. The highest BCUT2D eigenvalue weighted by Crippen LogP contribution is 2.20. The summed E-state index contributed by atoms with van der Waals surface area (Å²) in [7, 11) is 3.68. The Labute approximate surface area is 149 Å². The van der Waals surface area contributed by atoms with Gasteiger partial charge >= 0.3 is 0 Å². The number of aromatic nitrogens is 3. The van der Waals surface area contributed by atoms with Crippen molar-refractivity contribution in [1.29, 1.82) is 0 Å². The molecule has 23 heavy (non-hydrogen) atoms. The van der Waals surface area contributed by atoms with Crippen molar-refractivity contribution in [2.75, 3.05) is 27.2 Å². The summed E-state index contributed by atoms with van der Waals surface area (Å²) in [5.74, 6) is -0.00514. The number of rotatable bonds is 5. The lowest BCUT2D eigenvalue weighted by Crippen LogP contribution is -2.33. The van der Waals surface area contributed by atoms with Crippen molar-refractivity contribution in [3.05, 3.63) is 23.5 Å². The number of carbonyl (C=O) groups excluding carboxylic acids is 1. The quantitative estimate of drug-likeness (QED) is 0.888. The maximum Gasteiger partial charge on any atom is 0.255 e. The van der Waals surface area contributed by atoms with Crippen LogP contribution < -0.4 is 5.32 Å². The summed E-state index contributed by atoms with van der Waals surface area (Å²) >= 11 is 0. The Morgan fingerprint density at radius 1 is 1.39 bits per heavy atom. The Kier molecular flexibility index (Phi) is 8.52. The minimum atomic E-state index is -0.00514. The topological polar surface area (TPSA) is 63.1 Å². The van der Waals surface area contributed by atoms with Crippen molar-refractivity contribution >= 4 is 41.8 Å². The zero-order valence-electron chi connectivity index (χ0n) is 14.2. The summed E-state index contributed by atoms with van der Waals surface area (Å²) in [6.45, 7) is 7.43. The van der Waals surface area contributed by atoms with Crippen molar-refractivity contribution in [2.45, 2.75) is 26.8 Å². The average molecular weight is 362 g/mol. The van der Waals surface area contributed by atoms with Gasteiger partial charge in [-0.05, 0) is 33.9 Å². The molecule has 0 aliphatic heterocycles. The van der Waals surface area contributed by atoms with Gasteiger partial charge in [0.2, 0.25) is 0 Å². The Morgan fingerprint density at radius 3 is 2.61 bits per heavy atom. The molecule has 2 aromatic rings. The van der Waals surface area contributed by atoms with Crippen LogP contribution in [0.25, 0.3) is 11.0 Å². The molecular weight excluding hydrogens is 337 g/mol. The molecule has 1 amide bonds. The Bertz CT molecular complexity index is 657. The molecule has 130 valence electrons. The predicted octanol–water partition coefficient (Wildman–Crippen LogP) is 2.46. The molecule has 2 rings (SSSR count). The molecule has 0 bridgehead atoms. The normalized spacial score (nSPS) is 10.3. The summed E-state index contributed by atoms with van der Waals surface area (Å²) in [5, 5.41) is 8.29. The molecule has 2 heterocycles. The van der Waals surface area contributed by atoms with E-state index < -0.39 is 0 Å². The van der Waals surface area contributed by atoms with Gasteiger partial charge in [0.25, 0.3) is 5.91 Å². The number of nitrogens with one attached hydrogen (secondary N) is 1. The molecule has 0 fully saturated rings. The number of hydrogen-bond acceptors (Lipinski definition) is 4. The predicted molar refractivity (Wildman–Crippen MR) is 98.0 cm³/mol. The highest BCUT2D eigenvalue weighted by atomic mass is 35.5. The number of likely N-dealkylation sites (N-methyl/N-ethyl adjacent to an activating group) is 2. The Hall–Kier alpha value is -1.37. The molecule has 0 saturated carbocycles. The number of pyridine rings is 1. The van der Waals surface area contributed by atoms with Gasteiger partial charge in [-0.25, -0.2) is 9.67 Å². The zero-order chi connectivity index (χ0) is 15.6. The number of nitrogens with zero attached hydrogens (tertiary/aromatic N) is 4. The van der Waals surface area contributed by atoms with Gasteiger partial charge in [0.15, 0.2) is 5.65 Å². The SMILES string of the molecule is CNCCN(C)C(=O)c1cc2cnn(C(C)C)c2nc1C.Cl.Cl. The smallest absolute Gasteiger partial charge is 0.255 e. The van der Waals surface area contributed by atoms with Crippen molar-refractivity contribution in [3.63, 3.8) is 0 Å². The van der Waals surface area contributed by atoms with E-state index in [4.69, 9.17) is 0 Å². The maximum atomic E-state index is 12.5. The third kappa shape index (κ3) is 4.56. The van der Waals surface area contributed by atoms with Gasteiger partial charge in [-0.15, -0.1) is 24.8 Å². The first-order valence-electron chi connectivity index (χ1n) is 7.20. The van der Waals surface area contributed by atoms with E-state index in [1.54, 1.807) is 18.1 Å².